The van der Waals surface area contributed by atoms with Gasteiger partial charge in [-0.25, -0.2) is 9.97 Å². The molecular weight excluding hydrogens is 681 g/mol. The normalized spacial score (nSPS) is 11.6. The molecule has 0 saturated carbocycles. The molecule has 11 rings (SSSR count). The summed E-state index contributed by atoms with van der Waals surface area (Å²) in [7, 11) is 0. The number of fused-ring (bicyclic) bond motifs is 7. The van der Waals surface area contributed by atoms with Crippen molar-refractivity contribution >= 4 is 43.6 Å². The van der Waals surface area contributed by atoms with Gasteiger partial charge in [0.2, 0.25) is 0 Å². The van der Waals surface area contributed by atoms with Crippen molar-refractivity contribution in [2.75, 3.05) is 0 Å². The second kappa shape index (κ2) is 13.1. The van der Waals surface area contributed by atoms with Gasteiger partial charge < -0.3 is 9.13 Å². The van der Waals surface area contributed by atoms with E-state index in [0.717, 1.165) is 39.5 Å². The number of hydrogen-bond donors (Lipinski definition) is 0. The number of hydrogen-bond acceptors (Lipinski definition) is 2. The minimum atomic E-state index is 0.712. The SMILES string of the molecule is c1ccc(-c2ccc(-n3c4ccccc4c4c5c6ccccc6n(-c6ccc(-c7cc(-c8ccccc8)nc(-c8ccccc8)n7)cc6)c5ccc43)cc2)cc1. The van der Waals surface area contributed by atoms with Crippen LogP contribution in [-0.2, 0) is 0 Å². The summed E-state index contributed by atoms with van der Waals surface area (Å²) in [6, 6.07) is 73.1. The third-order valence-electron chi connectivity index (χ3n) is 11.0. The fourth-order valence-corrected chi connectivity index (χ4v) is 8.36. The Morgan fingerprint density at radius 1 is 0.286 bits per heavy atom. The fourth-order valence-electron chi connectivity index (χ4n) is 8.36. The molecule has 0 bridgehead atoms. The molecule has 0 aliphatic heterocycles. The van der Waals surface area contributed by atoms with E-state index >= 15 is 0 Å². The minimum Gasteiger partial charge on any atom is -0.309 e. The van der Waals surface area contributed by atoms with Crippen LogP contribution in [-0.4, -0.2) is 19.1 Å². The molecule has 0 amide bonds. The van der Waals surface area contributed by atoms with E-state index in [1.807, 2.05) is 24.3 Å². The van der Waals surface area contributed by atoms with Crippen LogP contribution in [0.15, 0.2) is 206 Å². The number of benzene rings is 8. The van der Waals surface area contributed by atoms with Gasteiger partial charge in [0.1, 0.15) is 0 Å². The first-order chi connectivity index (χ1) is 27.8. The molecule has 0 spiro atoms. The molecule has 0 N–H and O–H groups in total. The average molecular weight is 715 g/mol. The van der Waals surface area contributed by atoms with Crippen LogP contribution in [0.5, 0.6) is 0 Å². The summed E-state index contributed by atoms with van der Waals surface area (Å²) in [5, 5.41) is 4.99. The maximum atomic E-state index is 5.08. The standard InChI is InChI=1S/C52H34N4/c1-4-14-35(15-5-1)36-24-28-40(29-25-36)55-46-22-12-10-20-42(46)50-48(55)32-33-49-51(50)43-21-11-13-23-47(43)56(49)41-30-26-38(27-31-41)45-34-44(37-16-6-2-7-17-37)53-52(54-45)39-18-8-3-9-19-39/h1-34H. The highest BCUT2D eigenvalue weighted by atomic mass is 15.0. The molecule has 0 aliphatic rings. The summed E-state index contributed by atoms with van der Waals surface area (Å²) < 4.78 is 4.81. The molecule has 56 heavy (non-hydrogen) atoms. The van der Waals surface area contributed by atoms with Gasteiger partial charge in [-0.15, -0.1) is 0 Å². The predicted octanol–water partition coefficient (Wildman–Crippen LogP) is 13.3. The Hall–Kier alpha value is -7.56. The van der Waals surface area contributed by atoms with E-state index in [1.54, 1.807) is 0 Å². The summed E-state index contributed by atoms with van der Waals surface area (Å²) in [6.07, 6.45) is 0. The number of para-hydroxylation sites is 2. The Morgan fingerprint density at radius 2 is 0.661 bits per heavy atom. The van der Waals surface area contributed by atoms with Crippen LogP contribution in [0, 0.1) is 0 Å². The van der Waals surface area contributed by atoms with E-state index in [4.69, 9.17) is 9.97 Å². The fraction of sp³-hybridized carbons (Fsp3) is 0. The summed E-state index contributed by atoms with van der Waals surface area (Å²) in [5.41, 5.74) is 14.3. The predicted molar refractivity (Wildman–Crippen MR) is 232 cm³/mol. The number of aromatic nitrogens is 4. The van der Waals surface area contributed by atoms with Gasteiger partial charge in [0.25, 0.3) is 0 Å². The largest absolute Gasteiger partial charge is 0.309 e. The van der Waals surface area contributed by atoms with Crippen LogP contribution < -0.4 is 0 Å². The quantitative estimate of drug-likeness (QED) is 0.172. The van der Waals surface area contributed by atoms with Crippen LogP contribution in [0.3, 0.4) is 0 Å². The highest BCUT2D eigenvalue weighted by Gasteiger charge is 2.20. The molecular formula is C52H34N4. The van der Waals surface area contributed by atoms with Crippen molar-refractivity contribution in [3.05, 3.63) is 206 Å². The van der Waals surface area contributed by atoms with Crippen LogP contribution in [0.4, 0.5) is 0 Å². The first-order valence-electron chi connectivity index (χ1n) is 19.0. The second-order valence-corrected chi connectivity index (χ2v) is 14.2. The topological polar surface area (TPSA) is 35.6 Å². The zero-order valence-electron chi connectivity index (χ0n) is 30.4. The zero-order chi connectivity index (χ0) is 37.0. The molecule has 4 heteroatoms. The Labute approximate surface area is 324 Å². The lowest BCUT2D eigenvalue weighted by molar-refractivity contribution is 1.17. The molecule has 0 unspecified atom stereocenters. The van der Waals surface area contributed by atoms with E-state index in [-0.39, 0.29) is 0 Å². The summed E-state index contributed by atoms with van der Waals surface area (Å²) in [6.45, 7) is 0. The van der Waals surface area contributed by atoms with Gasteiger partial charge in [-0.05, 0) is 65.7 Å². The number of rotatable bonds is 6. The Kier molecular flexibility index (Phi) is 7.46. The number of nitrogens with zero attached hydrogens (tertiary/aromatic N) is 4. The van der Waals surface area contributed by atoms with Crippen LogP contribution in [0.2, 0.25) is 0 Å². The third-order valence-corrected chi connectivity index (χ3v) is 11.0. The maximum absolute atomic E-state index is 5.08. The van der Waals surface area contributed by atoms with Gasteiger partial charge in [-0.2, -0.15) is 0 Å². The van der Waals surface area contributed by atoms with Gasteiger partial charge in [0.15, 0.2) is 5.82 Å². The lowest BCUT2D eigenvalue weighted by Crippen LogP contribution is -1.97. The first-order valence-corrected chi connectivity index (χ1v) is 19.0. The van der Waals surface area contributed by atoms with Crippen molar-refractivity contribution in [3.8, 4) is 56.4 Å². The average Bonchev–Trinajstić information content (AvgIpc) is 3.80. The van der Waals surface area contributed by atoms with E-state index in [0.29, 0.717) is 5.82 Å². The molecule has 8 aromatic carbocycles. The molecule has 262 valence electrons. The smallest absolute Gasteiger partial charge is 0.160 e. The highest BCUT2D eigenvalue weighted by Crippen LogP contribution is 2.42. The van der Waals surface area contributed by atoms with Crippen molar-refractivity contribution in [3.63, 3.8) is 0 Å². The molecule has 3 heterocycles. The van der Waals surface area contributed by atoms with E-state index in [2.05, 4.69) is 191 Å². The Bertz CT molecular complexity index is 3140. The Balaban J connectivity index is 1.07. The molecule has 0 radical (unpaired) electrons. The van der Waals surface area contributed by atoms with Crippen molar-refractivity contribution in [2.45, 2.75) is 0 Å². The van der Waals surface area contributed by atoms with Crippen molar-refractivity contribution in [1.29, 1.82) is 0 Å². The van der Waals surface area contributed by atoms with Gasteiger partial charge in [-0.1, -0.05) is 152 Å². The lowest BCUT2D eigenvalue weighted by atomic mass is 10.1. The third kappa shape index (κ3) is 5.23. The molecule has 0 atom stereocenters. The minimum absolute atomic E-state index is 0.712. The van der Waals surface area contributed by atoms with Gasteiger partial charge in [0.05, 0.1) is 33.5 Å². The lowest BCUT2D eigenvalue weighted by Gasteiger charge is -2.12. The summed E-state index contributed by atoms with van der Waals surface area (Å²) in [4.78, 5) is 10.1. The van der Waals surface area contributed by atoms with Crippen LogP contribution in [0.25, 0.3) is 100 Å². The summed E-state index contributed by atoms with van der Waals surface area (Å²) >= 11 is 0. The van der Waals surface area contributed by atoms with E-state index in [1.165, 1.54) is 54.7 Å². The first kappa shape index (κ1) is 31.9. The highest BCUT2D eigenvalue weighted by molar-refractivity contribution is 6.28. The maximum Gasteiger partial charge on any atom is 0.160 e. The van der Waals surface area contributed by atoms with Crippen molar-refractivity contribution in [2.24, 2.45) is 0 Å². The van der Waals surface area contributed by atoms with E-state index < -0.39 is 0 Å². The van der Waals surface area contributed by atoms with Gasteiger partial charge >= 0.3 is 0 Å². The van der Waals surface area contributed by atoms with Gasteiger partial charge in [-0.3, -0.25) is 0 Å². The van der Waals surface area contributed by atoms with E-state index in [9.17, 15) is 0 Å². The van der Waals surface area contributed by atoms with Crippen molar-refractivity contribution in [1.82, 2.24) is 19.1 Å². The van der Waals surface area contributed by atoms with Crippen molar-refractivity contribution < 1.29 is 0 Å². The molecule has 3 aromatic heterocycles. The van der Waals surface area contributed by atoms with Crippen LogP contribution in [0.1, 0.15) is 0 Å². The molecule has 0 fully saturated rings. The monoisotopic (exact) mass is 714 g/mol. The zero-order valence-corrected chi connectivity index (χ0v) is 30.4. The summed E-state index contributed by atoms with van der Waals surface area (Å²) in [5.74, 6) is 0.712. The van der Waals surface area contributed by atoms with Gasteiger partial charge in [0, 0.05) is 49.6 Å². The molecule has 0 saturated heterocycles. The molecule has 4 nitrogen and oxygen atoms in total. The Morgan fingerprint density at radius 3 is 1.16 bits per heavy atom. The second-order valence-electron chi connectivity index (χ2n) is 14.2. The molecule has 0 aliphatic carbocycles. The molecule has 11 aromatic rings. The van der Waals surface area contributed by atoms with Crippen LogP contribution >= 0.6 is 0 Å².